The number of rotatable bonds is 7. The topological polar surface area (TPSA) is 19.4 Å². The molecule has 0 bridgehead atoms. The molecule has 2 rings (SSSR count). The molecule has 0 unspecified atom stereocenters. The van der Waals surface area contributed by atoms with Crippen LogP contribution < -0.4 is 0 Å². The van der Waals surface area contributed by atoms with Crippen molar-refractivity contribution in [2.24, 2.45) is 11.8 Å². The van der Waals surface area contributed by atoms with Gasteiger partial charge in [-0.05, 0) is 63.7 Å². The predicted octanol–water partition coefficient (Wildman–Crippen LogP) is 3.66. The molecule has 1 fully saturated rings. The molecule has 0 N–H and O–H groups in total. The highest BCUT2D eigenvalue weighted by Gasteiger charge is 2.23. The molecule has 1 aromatic heterocycles. The normalized spacial score (nSPS) is 17.8. The number of likely N-dealkylation sites (tertiary alicyclic amines) is 1. The van der Waals surface area contributed by atoms with Crippen LogP contribution in [-0.2, 0) is 6.54 Å². The van der Waals surface area contributed by atoms with E-state index in [1.54, 1.807) is 0 Å². The van der Waals surface area contributed by atoms with Crippen molar-refractivity contribution in [2.75, 3.05) is 26.2 Å². The van der Waals surface area contributed by atoms with Crippen molar-refractivity contribution in [1.29, 1.82) is 0 Å². The van der Waals surface area contributed by atoms with E-state index in [-0.39, 0.29) is 0 Å². The van der Waals surface area contributed by atoms with Gasteiger partial charge < -0.3 is 4.90 Å². The molecule has 1 saturated heterocycles. The van der Waals surface area contributed by atoms with Gasteiger partial charge in [-0.25, -0.2) is 0 Å². The van der Waals surface area contributed by atoms with Crippen molar-refractivity contribution in [3.63, 3.8) is 0 Å². The number of pyridine rings is 1. The largest absolute Gasteiger partial charge is 0.301 e. The zero-order valence-corrected chi connectivity index (χ0v) is 14.8. The van der Waals surface area contributed by atoms with E-state index in [0.29, 0.717) is 12.0 Å². The van der Waals surface area contributed by atoms with E-state index < -0.39 is 0 Å². The van der Waals surface area contributed by atoms with Crippen molar-refractivity contribution in [1.82, 2.24) is 14.8 Å². The average molecular weight is 303 g/mol. The highest BCUT2D eigenvalue weighted by Crippen LogP contribution is 2.21. The highest BCUT2D eigenvalue weighted by molar-refractivity contribution is 5.03. The molecule has 124 valence electrons. The molecule has 22 heavy (non-hydrogen) atoms. The van der Waals surface area contributed by atoms with E-state index >= 15 is 0 Å². The Bertz CT molecular complexity index is 408. The Hall–Kier alpha value is -0.930. The van der Waals surface area contributed by atoms with Gasteiger partial charge in [0.15, 0.2) is 0 Å². The van der Waals surface area contributed by atoms with Crippen LogP contribution in [-0.4, -0.2) is 47.0 Å². The molecule has 3 nitrogen and oxygen atoms in total. The van der Waals surface area contributed by atoms with Crippen LogP contribution in [0.1, 0.15) is 46.2 Å². The van der Waals surface area contributed by atoms with Crippen LogP contribution in [0.5, 0.6) is 0 Å². The van der Waals surface area contributed by atoms with E-state index in [1.807, 2.05) is 12.3 Å². The summed E-state index contributed by atoms with van der Waals surface area (Å²) < 4.78 is 0. The molecule has 0 spiro atoms. The second-order valence-corrected chi connectivity index (χ2v) is 7.48. The number of nitrogens with zero attached hydrogens (tertiary/aromatic N) is 3. The van der Waals surface area contributed by atoms with Gasteiger partial charge in [-0.2, -0.15) is 0 Å². The van der Waals surface area contributed by atoms with E-state index in [4.69, 9.17) is 0 Å². The van der Waals surface area contributed by atoms with Gasteiger partial charge in [0.25, 0.3) is 0 Å². The first-order valence-corrected chi connectivity index (χ1v) is 8.91. The van der Waals surface area contributed by atoms with Crippen LogP contribution in [0.25, 0.3) is 0 Å². The lowest BCUT2D eigenvalue weighted by molar-refractivity contribution is 0.113. The molecule has 0 radical (unpaired) electrons. The Balaban J connectivity index is 1.87. The molecular formula is C19H33N3. The first kappa shape index (κ1) is 17.4. The fourth-order valence-electron chi connectivity index (χ4n) is 3.46. The minimum absolute atomic E-state index is 0.696. The first-order valence-electron chi connectivity index (χ1n) is 8.91. The fraction of sp³-hybridized carbons (Fsp3) is 0.737. The molecule has 0 atom stereocenters. The van der Waals surface area contributed by atoms with Crippen molar-refractivity contribution in [3.8, 4) is 0 Å². The van der Waals surface area contributed by atoms with Crippen LogP contribution in [0, 0.1) is 11.8 Å². The summed E-state index contributed by atoms with van der Waals surface area (Å²) in [6.45, 7) is 15.2. The lowest BCUT2D eigenvalue weighted by Crippen LogP contribution is -2.42. The summed E-state index contributed by atoms with van der Waals surface area (Å²) in [5, 5.41) is 0. The third kappa shape index (κ3) is 5.69. The van der Waals surface area contributed by atoms with Gasteiger partial charge in [0.2, 0.25) is 0 Å². The molecule has 0 aliphatic carbocycles. The Kier molecular flexibility index (Phi) is 6.84. The monoisotopic (exact) mass is 303 g/mol. The summed E-state index contributed by atoms with van der Waals surface area (Å²) in [6.07, 6.45) is 4.59. The van der Waals surface area contributed by atoms with Crippen molar-refractivity contribution < 1.29 is 0 Å². The summed E-state index contributed by atoms with van der Waals surface area (Å²) in [7, 11) is 0. The van der Waals surface area contributed by atoms with Gasteiger partial charge in [-0.3, -0.25) is 9.88 Å². The van der Waals surface area contributed by atoms with Gasteiger partial charge in [0.05, 0.1) is 5.69 Å². The second kappa shape index (κ2) is 8.64. The Morgan fingerprint density at radius 2 is 1.91 bits per heavy atom. The van der Waals surface area contributed by atoms with Crippen LogP contribution in [0.15, 0.2) is 24.4 Å². The fourth-order valence-corrected chi connectivity index (χ4v) is 3.46. The summed E-state index contributed by atoms with van der Waals surface area (Å²) in [6, 6.07) is 6.94. The summed E-state index contributed by atoms with van der Waals surface area (Å²) >= 11 is 0. The molecule has 0 aromatic carbocycles. The van der Waals surface area contributed by atoms with Gasteiger partial charge in [0, 0.05) is 31.9 Å². The van der Waals surface area contributed by atoms with Gasteiger partial charge >= 0.3 is 0 Å². The SMILES string of the molecule is CC(C)CN(Cc1ccccn1)CC1CCN(C(C)C)CC1. The lowest BCUT2D eigenvalue weighted by Gasteiger charge is -2.37. The molecule has 1 aromatic rings. The first-order chi connectivity index (χ1) is 10.5. The van der Waals surface area contributed by atoms with Crippen LogP contribution in [0.2, 0.25) is 0 Å². The maximum absolute atomic E-state index is 4.50. The summed E-state index contributed by atoms with van der Waals surface area (Å²) in [5.74, 6) is 1.55. The molecular weight excluding hydrogens is 270 g/mol. The van der Waals surface area contributed by atoms with E-state index in [2.05, 4.69) is 54.6 Å². The van der Waals surface area contributed by atoms with Crippen molar-refractivity contribution in [3.05, 3.63) is 30.1 Å². The smallest absolute Gasteiger partial charge is 0.0543 e. The molecule has 0 saturated carbocycles. The molecule has 1 aliphatic heterocycles. The number of aromatic nitrogens is 1. The molecule has 3 heteroatoms. The Labute approximate surface area is 136 Å². The minimum Gasteiger partial charge on any atom is -0.301 e. The quantitative estimate of drug-likeness (QED) is 0.766. The molecule has 2 heterocycles. The van der Waals surface area contributed by atoms with Gasteiger partial charge in [0.1, 0.15) is 0 Å². The Morgan fingerprint density at radius 1 is 1.18 bits per heavy atom. The number of hydrogen-bond donors (Lipinski definition) is 0. The van der Waals surface area contributed by atoms with E-state index in [0.717, 1.165) is 12.5 Å². The zero-order valence-electron chi connectivity index (χ0n) is 14.8. The van der Waals surface area contributed by atoms with E-state index in [9.17, 15) is 0 Å². The summed E-state index contributed by atoms with van der Waals surface area (Å²) in [5.41, 5.74) is 1.20. The highest BCUT2D eigenvalue weighted by atomic mass is 15.2. The van der Waals surface area contributed by atoms with Crippen molar-refractivity contribution >= 4 is 0 Å². The average Bonchev–Trinajstić information content (AvgIpc) is 2.48. The number of hydrogen-bond acceptors (Lipinski definition) is 3. The lowest BCUT2D eigenvalue weighted by atomic mass is 9.95. The molecule has 0 amide bonds. The van der Waals surface area contributed by atoms with Crippen LogP contribution in [0.3, 0.4) is 0 Å². The zero-order chi connectivity index (χ0) is 15.9. The molecule has 1 aliphatic rings. The van der Waals surface area contributed by atoms with Gasteiger partial charge in [-0.1, -0.05) is 19.9 Å². The second-order valence-electron chi connectivity index (χ2n) is 7.48. The Morgan fingerprint density at radius 3 is 2.45 bits per heavy atom. The standard InChI is InChI=1S/C19H33N3/c1-16(2)13-21(15-19-7-5-6-10-20-19)14-18-8-11-22(12-9-18)17(3)4/h5-7,10,16-18H,8-9,11-15H2,1-4H3. The van der Waals surface area contributed by atoms with E-state index in [1.165, 1.54) is 44.7 Å². The summed E-state index contributed by atoms with van der Waals surface area (Å²) in [4.78, 5) is 9.73. The maximum atomic E-state index is 4.50. The maximum Gasteiger partial charge on any atom is 0.0543 e. The predicted molar refractivity (Wildman–Crippen MR) is 93.8 cm³/mol. The minimum atomic E-state index is 0.696. The third-order valence-electron chi connectivity index (χ3n) is 4.63. The van der Waals surface area contributed by atoms with Crippen molar-refractivity contribution in [2.45, 2.75) is 53.1 Å². The van der Waals surface area contributed by atoms with Gasteiger partial charge in [-0.15, -0.1) is 0 Å². The number of piperidine rings is 1. The third-order valence-corrected chi connectivity index (χ3v) is 4.63. The van der Waals surface area contributed by atoms with Crippen LogP contribution in [0.4, 0.5) is 0 Å². The van der Waals surface area contributed by atoms with Crippen LogP contribution >= 0.6 is 0 Å².